The molecule has 0 spiro atoms. The molecule has 0 amide bonds. The van der Waals surface area contributed by atoms with Gasteiger partial charge in [-0.1, -0.05) is 0 Å². The van der Waals surface area contributed by atoms with Crippen molar-refractivity contribution < 1.29 is 17.9 Å². The van der Waals surface area contributed by atoms with Crippen LogP contribution in [0.4, 0.5) is 13.2 Å². The lowest BCUT2D eigenvalue weighted by atomic mass is 10.2. The van der Waals surface area contributed by atoms with Crippen LogP contribution in [0.25, 0.3) is 11.3 Å². The number of rotatable bonds is 6. The Morgan fingerprint density at radius 3 is 2.57 bits per heavy atom. The lowest BCUT2D eigenvalue weighted by molar-refractivity contribution is -0.154. The smallest absolute Gasteiger partial charge is 0.422 e. The van der Waals surface area contributed by atoms with E-state index >= 15 is 0 Å². The van der Waals surface area contributed by atoms with E-state index in [1.54, 1.807) is 12.4 Å². The van der Waals surface area contributed by atoms with Gasteiger partial charge in [0.1, 0.15) is 0 Å². The molecule has 0 aliphatic rings. The number of thioether (sulfide) groups is 1. The minimum Gasteiger partial charge on any atom is -0.454 e. The van der Waals surface area contributed by atoms with Crippen LogP contribution in [0, 0.1) is 0 Å². The van der Waals surface area contributed by atoms with Crippen LogP contribution in [0.15, 0.2) is 52.7 Å². The van der Waals surface area contributed by atoms with Crippen LogP contribution >= 0.6 is 11.8 Å². The molecule has 146 valence electrons. The van der Waals surface area contributed by atoms with Crippen LogP contribution in [0.5, 0.6) is 6.01 Å². The highest BCUT2D eigenvalue weighted by Crippen LogP contribution is 2.18. The van der Waals surface area contributed by atoms with Crippen molar-refractivity contribution in [3.63, 3.8) is 0 Å². The fourth-order valence-corrected chi connectivity index (χ4v) is 2.66. The maximum atomic E-state index is 12.2. The molecule has 11 heteroatoms. The van der Waals surface area contributed by atoms with Gasteiger partial charge < -0.3 is 4.74 Å². The van der Waals surface area contributed by atoms with Gasteiger partial charge in [0.2, 0.25) is 0 Å². The minimum atomic E-state index is -4.47. The number of ether oxygens (including phenoxy) is 1. The van der Waals surface area contributed by atoms with Crippen LogP contribution in [-0.2, 0) is 6.54 Å². The monoisotopic (exact) mass is 409 g/mol. The number of pyridine rings is 1. The molecule has 0 N–H and O–H groups in total. The number of nitrogens with zero attached hydrogens (tertiary/aromatic N) is 5. The fraction of sp³-hybridized carbons (Fsp3) is 0.235. The fourth-order valence-electron chi connectivity index (χ4n) is 2.22. The average molecular weight is 409 g/mol. The third-order valence-corrected chi connectivity index (χ3v) is 4.19. The van der Waals surface area contributed by atoms with Crippen molar-refractivity contribution in [2.75, 3.05) is 12.9 Å². The Bertz CT molecular complexity index is 1010. The lowest BCUT2D eigenvalue weighted by Crippen LogP contribution is -2.23. The molecule has 3 rings (SSSR count). The third kappa shape index (κ3) is 5.28. The van der Waals surface area contributed by atoms with E-state index in [4.69, 9.17) is 0 Å². The SMILES string of the molecule is CSc1cncc(Cn2nc(-c3cnc(OCC(F)(F)F)nc3)ccc2=O)c1. The number of alkyl halides is 3. The van der Waals surface area contributed by atoms with E-state index in [9.17, 15) is 18.0 Å². The van der Waals surface area contributed by atoms with Crippen molar-refractivity contribution in [3.05, 3.63) is 58.9 Å². The molecular weight excluding hydrogens is 395 g/mol. The second-order valence-corrected chi connectivity index (χ2v) is 6.49. The van der Waals surface area contributed by atoms with Gasteiger partial charge in [0.05, 0.1) is 12.2 Å². The van der Waals surface area contributed by atoms with Crippen LogP contribution in [0.1, 0.15) is 5.56 Å². The molecule has 0 radical (unpaired) electrons. The molecule has 0 aromatic carbocycles. The molecule has 3 aromatic heterocycles. The first-order valence-electron chi connectivity index (χ1n) is 7.92. The second kappa shape index (κ2) is 8.38. The Hall–Kier alpha value is -2.95. The molecule has 3 aromatic rings. The zero-order chi connectivity index (χ0) is 20.1. The minimum absolute atomic E-state index is 0.224. The van der Waals surface area contributed by atoms with Gasteiger partial charge in [-0.25, -0.2) is 14.6 Å². The highest BCUT2D eigenvalue weighted by molar-refractivity contribution is 7.98. The van der Waals surface area contributed by atoms with Gasteiger partial charge in [-0.15, -0.1) is 11.8 Å². The third-order valence-electron chi connectivity index (χ3n) is 3.49. The van der Waals surface area contributed by atoms with Crippen molar-refractivity contribution in [1.82, 2.24) is 24.7 Å². The van der Waals surface area contributed by atoms with Gasteiger partial charge in [0.25, 0.3) is 5.56 Å². The molecule has 0 saturated carbocycles. The Morgan fingerprint density at radius 1 is 1.14 bits per heavy atom. The summed E-state index contributed by atoms with van der Waals surface area (Å²) in [5.74, 6) is 0. The summed E-state index contributed by atoms with van der Waals surface area (Å²) < 4.78 is 42.2. The van der Waals surface area contributed by atoms with E-state index in [0.717, 1.165) is 10.5 Å². The molecule has 0 aliphatic carbocycles. The summed E-state index contributed by atoms with van der Waals surface area (Å²) in [5, 5.41) is 4.28. The van der Waals surface area contributed by atoms with Gasteiger partial charge in [-0.05, 0) is 24.0 Å². The molecule has 0 unspecified atom stereocenters. The standard InChI is InChI=1S/C17H14F3N5O2S/c1-28-13-4-11(5-21-8-13)9-25-15(26)3-2-14(24-25)12-6-22-16(23-7-12)27-10-17(18,19)20/h2-8H,9-10H2,1H3. The van der Waals surface area contributed by atoms with Crippen molar-refractivity contribution in [3.8, 4) is 17.3 Å². The summed E-state index contributed by atoms with van der Waals surface area (Å²) in [4.78, 5) is 24.7. The summed E-state index contributed by atoms with van der Waals surface area (Å²) >= 11 is 1.54. The Labute approximate surface area is 161 Å². The highest BCUT2D eigenvalue weighted by Gasteiger charge is 2.28. The normalized spacial score (nSPS) is 11.4. The van der Waals surface area contributed by atoms with Crippen LogP contribution in [0.2, 0.25) is 0 Å². The molecular formula is C17H14F3N5O2S. The molecule has 0 bridgehead atoms. The molecule has 0 aliphatic heterocycles. The van der Waals surface area contributed by atoms with Crippen LogP contribution < -0.4 is 10.3 Å². The lowest BCUT2D eigenvalue weighted by Gasteiger charge is -2.09. The van der Waals surface area contributed by atoms with E-state index in [1.807, 2.05) is 12.3 Å². The summed E-state index contributed by atoms with van der Waals surface area (Å²) in [6.07, 6.45) is 3.39. The average Bonchev–Trinajstić information content (AvgIpc) is 2.68. The largest absolute Gasteiger partial charge is 0.454 e. The van der Waals surface area contributed by atoms with Crippen molar-refractivity contribution in [2.24, 2.45) is 0 Å². The summed E-state index contributed by atoms with van der Waals surface area (Å²) in [6, 6.07) is 4.36. The molecule has 28 heavy (non-hydrogen) atoms. The zero-order valence-corrected chi connectivity index (χ0v) is 15.4. The number of hydrogen-bond acceptors (Lipinski definition) is 7. The predicted octanol–water partition coefficient (Wildman–Crippen LogP) is 2.81. The van der Waals surface area contributed by atoms with Gasteiger partial charge >= 0.3 is 12.2 Å². The first kappa shape index (κ1) is 19.8. The van der Waals surface area contributed by atoms with E-state index in [-0.39, 0.29) is 12.1 Å². The molecule has 0 fully saturated rings. The van der Waals surface area contributed by atoms with Gasteiger partial charge in [0.15, 0.2) is 6.61 Å². The van der Waals surface area contributed by atoms with Gasteiger partial charge in [0, 0.05) is 41.3 Å². The maximum absolute atomic E-state index is 12.2. The predicted molar refractivity (Wildman–Crippen MR) is 96.2 cm³/mol. The van der Waals surface area contributed by atoms with Crippen molar-refractivity contribution >= 4 is 11.8 Å². The van der Waals surface area contributed by atoms with E-state index < -0.39 is 18.8 Å². The quantitative estimate of drug-likeness (QED) is 0.579. The maximum Gasteiger partial charge on any atom is 0.422 e. The van der Waals surface area contributed by atoms with Gasteiger partial charge in [-0.3, -0.25) is 9.78 Å². The second-order valence-electron chi connectivity index (χ2n) is 5.61. The first-order valence-corrected chi connectivity index (χ1v) is 9.14. The Balaban J connectivity index is 1.79. The van der Waals surface area contributed by atoms with Gasteiger partial charge in [-0.2, -0.15) is 18.3 Å². The molecule has 3 heterocycles. The van der Waals surface area contributed by atoms with Crippen molar-refractivity contribution in [1.29, 1.82) is 0 Å². The van der Waals surface area contributed by atoms with Crippen LogP contribution in [0.3, 0.4) is 0 Å². The van der Waals surface area contributed by atoms with Crippen LogP contribution in [-0.4, -0.2) is 43.8 Å². The van der Waals surface area contributed by atoms with Crippen molar-refractivity contribution in [2.45, 2.75) is 17.6 Å². The summed E-state index contributed by atoms with van der Waals surface area (Å²) in [5.41, 5.74) is 1.34. The topological polar surface area (TPSA) is 82.8 Å². The zero-order valence-electron chi connectivity index (χ0n) is 14.6. The highest BCUT2D eigenvalue weighted by atomic mass is 32.2. The Morgan fingerprint density at radius 2 is 1.89 bits per heavy atom. The van der Waals surface area contributed by atoms with E-state index in [1.165, 1.54) is 41.0 Å². The number of aromatic nitrogens is 5. The van der Waals surface area contributed by atoms with E-state index in [0.29, 0.717) is 11.3 Å². The van der Waals surface area contributed by atoms with E-state index in [2.05, 4.69) is 24.8 Å². The molecule has 7 nitrogen and oxygen atoms in total. The first-order chi connectivity index (χ1) is 13.3. The summed E-state index contributed by atoms with van der Waals surface area (Å²) in [6.45, 7) is -1.25. The number of hydrogen-bond donors (Lipinski definition) is 0. The molecule has 0 atom stereocenters. The Kier molecular flexibility index (Phi) is 5.93. The number of halogens is 3. The summed E-state index contributed by atoms with van der Waals surface area (Å²) in [7, 11) is 0. The molecule has 0 saturated heterocycles.